The monoisotopic (exact) mass is 450 g/mol. The van der Waals surface area contributed by atoms with E-state index >= 15 is 0 Å². The number of rotatable bonds is 4. The van der Waals surface area contributed by atoms with Crippen LogP contribution in [0.15, 0.2) is 34.1 Å². The molecule has 3 heterocycles. The van der Waals surface area contributed by atoms with Crippen LogP contribution >= 0.6 is 0 Å². The van der Waals surface area contributed by atoms with Gasteiger partial charge in [0.2, 0.25) is 5.91 Å². The van der Waals surface area contributed by atoms with Crippen molar-refractivity contribution in [3.8, 4) is 0 Å². The van der Waals surface area contributed by atoms with Gasteiger partial charge in [0, 0.05) is 27.2 Å². The molecule has 1 aliphatic heterocycles. The van der Waals surface area contributed by atoms with Crippen LogP contribution in [0.4, 0.5) is 24.5 Å². The summed E-state index contributed by atoms with van der Waals surface area (Å²) in [4.78, 5) is 43.3. The highest BCUT2D eigenvalue weighted by Gasteiger charge is 2.32. The number of aromatic nitrogens is 4. The quantitative estimate of drug-likeness (QED) is 0.653. The molecule has 170 valence electrons. The topological polar surface area (TPSA) is 94.2 Å². The van der Waals surface area contributed by atoms with Gasteiger partial charge in [-0.1, -0.05) is 0 Å². The van der Waals surface area contributed by atoms with E-state index in [0.717, 1.165) is 29.5 Å². The zero-order valence-corrected chi connectivity index (χ0v) is 17.4. The lowest BCUT2D eigenvalue weighted by atomic mass is 10.1. The van der Waals surface area contributed by atoms with Crippen molar-refractivity contribution in [2.45, 2.75) is 25.6 Å². The van der Waals surface area contributed by atoms with Crippen molar-refractivity contribution in [2.24, 2.45) is 14.1 Å². The van der Waals surface area contributed by atoms with E-state index in [2.05, 4.69) is 10.3 Å². The minimum Gasteiger partial charge on any atom is -0.370 e. The molecule has 12 heteroatoms. The number of carbonyl (C=O) groups is 1. The number of hydrogen-bond donors (Lipinski definition) is 1. The fourth-order valence-electron chi connectivity index (χ4n) is 3.91. The molecule has 0 atom stereocenters. The van der Waals surface area contributed by atoms with Gasteiger partial charge in [0.05, 0.1) is 23.3 Å². The second-order valence-corrected chi connectivity index (χ2v) is 7.72. The number of nitrogens with one attached hydrogen (secondary N) is 1. The molecule has 1 fully saturated rings. The van der Waals surface area contributed by atoms with Gasteiger partial charge < -0.3 is 14.8 Å². The van der Waals surface area contributed by atoms with Gasteiger partial charge in [-0.2, -0.15) is 13.2 Å². The summed E-state index contributed by atoms with van der Waals surface area (Å²) in [5.74, 6) is -0.625. The third-order valence-electron chi connectivity index (χ3n) is 5.58. The summed E-state index contributed by atoms with van der Waals surface area (Å²) < 4.78 is 43.1. The first-order valence-electron chi connectivity index (χ1n) is 9.95. The van der Waals surface area contributed by atoms with Crippen molar-refractivity contribution in [3.05, 3.63) is 50.9 Å². The maximum atomic E-state index is 13.2. The molecule has 3 aromatic rings. The van der Waals surface area contributed by atoms with Crippen molar-refractivity contribution >= 4 is 28.4 Å². The predicted molar refractivity (Wildman–Crippen MR) is 112 cm³/mol. The van der Waals surface area contributed by atoms with Crippen molar-refractivity contribution < 1.29 is 18.0 Å². The third kappa shape index (κ3) is 3.76. The number of alkyl halides is 3. The molecule has 32 heavy (non-hydrogen) atoms. The van der Waals surface area contributed by atoms with E-state index in [4.69, 9.17) is 0 Å². The standard InChI is InChI=1S/C20H21F3N6O3/c1-26-17-16(18(31)27(2)19(26)32)29(11-24-17)10-15(30)25-13-9-12(20(21,22)23)5-6-14(13)28-7-3-4-8-28/h5-6,9,11H,3-4,7-8,10H2,1-2H3,(H,25,30). The van der Waals surface area contributed by atoms with E-state index in [9.17, 15) is 27.6 Å². The molecule has 0 aliphatic carbocycles. The summed E-state index contributed by atoms with van der Waals surface area (Å²) in [6.07, 6.45) is -1.48. The number of carbonyl (C=O) groups excluding carboxylic acids is 1. The Hall–Kier alpha value is -3.57. The smallest absolute Gasteiger partial charge is 0.370 e. The van der Waals surface area contributed by atoms with Gasteiger partial charge in [-0.25, -0.2) is 9.78 Å². The number of anilines is 2. The number of benzene rings is 1. The van der Waals surface area contributed by atoms with Crippen LogP contribution in [0.1, 0.15) is 18.4 Å². The first kappa shape index (κ1) is 21.7. The first-order chi connectivity index (χ1) is 15.1. The summed E-state index contributed by atoms with van der Waals surface area (Å²) >= 11 is 0. The Balaban J connectivity index is 1.67. The van der Waals surface area contributed by atoms with Crippen LogP contribution < -0.4 is 21.5 Å². The van der Waals surface area contributed by atoms with Crippen LogP contribution in [0.25, 0.3) is 11.2 Å². The molecule has 1 aromatic carbocycles. The van der Waals surface area contributed by atoms with Crippen LogP contribution in [0, 0.1) is 0 Å². The van der Waals surface area contributed by atoms with Crippen LogP contribution in [-0.2, 0) is 31.6 Å². The summed E-state index contributed by atoms with van der Waals surface area (Å²) in [6, 6.07) is 3.28. The molecule has 1 N–H and O–H groups in total. The highest BCUT2D eigenvalue weighted by molar-refractivity contribution is 5.95. The van der Waals surface area contributed by atoms with Crippen molar-refractivity contribution in [2.75, 3.05) is 23.3 Å². The van der Waals surface area contributed by atoms with E-state index in [1.165, 1.54) is 35.6 Å². The van der Waals surface area contributed by atoms with Crippen molar-refractivity contribution in [3.63, 3.8) is 0 Å². The van der Waals surface area contributed by atoms with E-state index in [0.29, 0.717) is 18.8 Å². The second-order valence-electron chi connectivity index (χ2n) is 7.72. The third-order valence-corrected chi connectivity index (χ3v) is 5.58. The van der Waals surface area contributed by atoms with Crippen LogP contribution in [0.3, 0.4) is 0 Å². The van der Waals surface area contributed by atoms with Gasteiger partial charge in [-0.3, -0.25) is 18.7 Å². The largest absolute Gasteiger partial charge is 0.416 e. The highest BCUT2D eigenvalue weighted by atomic mass is 19.4. The van der Waals surface area contributed by atoms with Gasteiger partial charge in [0.15, 0.2) is 11.2 Å². The van der Waals surface area contributed by atoms with Gasteiger partial charge in [-0.05, 0) is 31.0 Å². The molecule has 0 bridgehead atoms. The Morgan fingerprint density at radius 2 is 1.81 bits per heavy atom. The fourth-order valence-corrected chi connectivity index (χ4v) is 3.91. The van der Waals surface area contributed by atoms with Gasteiger partial charge in [0.1, 0.15) is 6.54 Å². The second kappa shape index (κ2) is 7.84. The summed E-state index contributed by atoms with van der Waals surface area (Å²) in [5.41, 5.74) is -1.32. The average molecular weight is 450 g/mol. The summed E-state index contributed by atoms with van der Waals surface area (Å²) in [7, 11) is 2.76. The molecule has 0 radical (unpaired) electrons. The molecule has 1 saturated heterocycles. The Kier molecular flexibility index (Phi) is 5.31. The normalized spacial score (nSPS) is 14.3. The van der Waals surface area contributed by atoms with Crippen molar-refractivity contribution in [1.29, 1.82) is 0 Å². The zero-order valence-electron chi connectivity index (χ0n) is 17.4. The van der Waals surface area contributed by atoms with Gasteiger partial charge in [0.25, 0.3) is 5.56 Å². The zero-order chi connectivity index (χ0) is 23.2. The van der Waals surface area contributed by atoms with E-state index < -0.39 is 28.9 Å². The number of halogens is 3. The lowest BCUT2D eigenvalue weighted by Crippen LogP contribution is -2.37. The van der Waals surface area contributed by atoms with Gasteiger partial charge in [-0.15, -0.1) is 0 Å². The molecule has 9 nitrogen and oxygen atoms in total. The lowest BCUT2D eigenvalue weighted by Gasteiger charge is -2.23. The van der Waals surface area contributed by atoms with Crippen LogP contribution in [0.5, 0.6) is 0 Å². The van der Waals surface area contributed by atoms with E-state index in [-0.39, 0.29) is 23.4 Å². The average Bonchev–Trinajstić information content (AvgIpc) is 3.40. The Bertz CT molecular complexity index is 1320. The number of imidazole rings is 1. The summed E-state index contributed by atoms with van der Waals surface area (Å²) in [5, 5.41) is 2.56. The Morgan fingerprint density at radius 1 is 1.12 bits per heavy atom. The first-order valence-corrected chi connectivity index (χ1v) is 9.95. The number of amides is 1. The number of fused-ring (bicyclic) bond motifs is 1. The molecule has 4 rings (SSSR count). The summed E-state index contributed by atoms with van der Waals surface area (Å²) in [6.45, 7) is 1.01. The molecule has 1 aliphatic rings. The molecule has 0 unspecified atom stereocenters. The molecule has 1 amide bonds. The molecule has 0 spiro atoms. The van der Waals surface area contributed by atoms with E-state index in [1.54, 1.807) is 0 Å². The Morgan fingerprint density at radius 3 is 2.47 bits per heavy atom. The number of hydrogen-bond acceptors (Lipinski definition) is 5. The molecular weight excluding hydrogens is 429 g/mol. The number of aryl methyl sites for hydroxylation is 1. The van der Waals surface area contributed by atoms with Crippen LogP contribution in [-0.4, -0.2) is 37.7 Å². The molecule has 0 saturated carbocycles. The van der Waals surface area contributed by atoms with Crippen molar-refractivity contribution in [1.82, 2.24) is 18.7 Å². The number of nitrogens with zero attached hydrogens (tertiary/aromatic N) is 5. The predicted octanol–water partition coefficient (Wildman–Crippen LogP) is 1.69. The van der Waals surface area contributed by atoms with E-state index in [1.807, 2.05) is 4.90 Å². The highest BCUT2D eigenvalue weighted by Crippen LogP contribution is 2.36. The maximum Gasteiger partial charge on any atom is 0.416 e. The van der Waals surface area contributed by atoms with Crippen LogP contribution in [0.2, 0.25) is 0 Å². The maximum absolute atomic E-state index is 13.2. The fraction of sp³-hybridized carbons (Fsp3) is 0.400. The van der Waals surface area contributed by atoms with Gasteiger partial charge >= 0.3 is 11.9 Å². The minimum absolute atomic E-state index is 0.0496. The SMILES string of the molecule is Cn1c(=O)c2c(ncn2CC(=O)Nc2cc(C(F)(F)F)ccc2N2CCCC2)n(C)c1=O. The molecular formula is C20H21F3N6O3. The Labute approximate surface area is 179 Å². The molecule has 2 aromatic heterocycles. The lowest BCUT2D eigenvalue weighted by molar-refractivity contribution is -0.137. The minimum atomic E-state index is -4.55.